The molecule has 1 fully saturated rings. The maximum absolute atomic E-state index is 10.9. The van der Waals surface area contributed by atoms with Gasteiger partial charge in [-0.25, -0.2) is 0 Å². The van der Waals surface area contributed by atoms with E-state index >= 15 is 0 Å². The van der Waals surface area contributed by atoms with Crippen LogP contribution in [-0.2, 0) is 9.53 Å². The Morgan fingerprint density at radius 3 is 2.45 bits per heavy atom. The standard InChI is InChI=1S/C9H8O2/c10-8-6-11-9(8)7-4-2-1-3-5-7/h1-5,9H,6H2/t9-/m0/s1. The molecule has 1 atom stereocenters. The number of rotatable bonds is 1. The first-order valence-electron chi connectivity index (χ1n) is 3.57. The van der Waals surface area contributed by atoms with Crippen LogP contribution in [0.4, 0.5) is 0 Å². The first kappa shape index (κ1) is 6.55. The normalized spacial score (nSPS) is 22.9. The minimum atomic E-state index is -0.281. The van der Waals surface area contributed by atoms with Gasteiger partial charge in [0.1, 0.15) is 12.7 Å². The van der Waals surface area contributed by atoms with Crippen molar-refractivity contribution in [3.63, 3.8) is 0 Å². The Bertz CT molecular complexity index is 266. The van der Waals surface area contributed by atoms with Gasteiger partial charge in [0.15, 0.2) is 5.78 Å². The molecule has 0 spiro atoms. The van der Waals surface area contributed by atoms with Crippen molar-refractivity contribution in [3.05, 3.63) is 35.9 Å². The van der Waals surface area contributed by atoms with Crippen LogP contribution < -0.4 is 0 Å². The van der Waals surface area contributed by atoms with Gasteiger partial charge < -0.3 is 4.74 Å². The van der Waals surface area contributed by atoms with E-state index in [9.17, 15) is 4.79 Å². The second-order valence-corrected chi connectivity index (χ2v) is 2.57. The monoisotopic (exact) mass is 148 g/mol. The summed E-state index contributed by atoms with van der Waals surface area (Å²) < 4.78 is 5.08. The van der Waals surface area contributed by atoms with Crippen molar-refractivity contribution in [3.8, 4) is 0 Å². The Morgan fingerprint density at radius 1 is 1.27 bits per heavy atom. The zero-order valence-electron chi connectivity index (χ0n) is 5.99. The lowest BCUT2D eigenvalue weighted by atomic mass is 10.0. The number of hydrogen-bond donors (Lipinski definition) is 0. The van der Waals surface area contributed by atoms with E-state index in [0.717, 1.165) is 5.56 Å². The molecule has 0 radical (unpaired) electrons. The molecular weight excluding hydrogens is 140 g/mol. The van der Waals surface area contributed by atoms with Crippen LogP contribution in [0.1, 0.15) is 11.7 Å². The number of hydrogen-bond acceptors (Lipinski definition) is 2. The maximum Gasteiger partial charge on any atom is 0.191 e. The minimum absolute atomic E-state index is 0.177. The van der Waals surface area contributed by atoms with Crippen LogP contribution in [-0.4, -0.2) is 12.4 Å². The molecule has 2 rings (SSSR count). The molecule has 0 N–H and O–H groups in total. The number of ketones is 1. The Labute approximate surface area is 64.8 Å². The van der Waals surface area contributed by atoms with Crippen molar-refractivity contribution in [2.75, 3.05) is 6.61 Å². The summed E-state index contributed by atoms with van der Waals surface area (Å²) in [6.45, 7) is 0.277. The number of carbonyl (C=O) groups excluding carboxylic acids is 1. The fraction of sp³-hybridized carbons (Fsp3) is 0.222. The fourth-order valence-corrected chi connectivity index (χ4v) is 1.14. The summed E-state index contributed by atoms with van der Waals surface area (Å²) in [7, 11) is 0. The molecule has 1 saturated heterocycles. The average molecular weight is 148 g/mol. The third-order valence-electron chi connectivity index (χ3n) is 1.79. The molecule has 0 unspecified atom stereocenters. The smallest absolute Gasteiger partial charge is 0.191 e. The molecule has 1 aromatic carbocycles. The van der Waals surface area contributed by atoms with Gasteiger partial charge in [-0.3, -0.25) is 4.79 Å². The largest absolute Gasteiger partial charge is 0.358 e. The number of Topliss-reactive ketones (excluding diaryl/α,β-unsaturated/α-hetero) is 1. The van der Waals surface area contributed by atoms with Gasteiger partial charge >= 0.3 is 0 Å². The first-order chi connectivity index (χ1) is 5.38. The summed E-state index contributed by atoms with van der Waals surface area (Å²) in [4.78, 5) is 10.9. The summed E-state index contributed by atoms with van der Waals surface area (Å²) >= 11 is 0. The zero-order valence-corrected chi connectivity index (χ0v) is 5.99. The van der Waals surface area contributed by atoms with Crippen LogP contribution in [0.5, 0.6) is 0 Å². The van der Waals surface area contributed by atoms with Gasteiger partial charge in [0.25, 0.3) is 0 Å². The highest BCUT2D eigenvalue weighted by atomic mass is 16.5. The van der Waals surface area contributed by atoms with Crippen molar-refractivity contribution < 1.29 is 9.53 Å². The SMILES string of the molecule is O=C1CO[C@H]1c1ccccc1. The van der Waals surface area contributed by atoms with E-state index in [1.807, 2.05) is 30.3 Å². The molecule has 0 amide bonds. The summed E-state index contributed by atoms with van der Waals surface area (Å²) in [6.07, 6.45) is -0.281. The lowest BCUT2D eigenvalue weighted by Crippen LogP contribution is -2.32. The molecular formula is C9H8O2. The zero-order chi connectivity index (χ0) is 7.68. The van der Waals surface area contributed by atoms with Gasteiger partial charge in [-0.1, -0.05) is 30.3 Å². The second kappa shape index (κ2) is 2.47. The molecule has 0 bridgehead atoms. The van der Waals surface area contributed by atoms with E-state index in [0.29, 0.717) is 0 Å². The topological polar surface area (TPSA) is 26.3 Å². The maximum atomic E-state index is 10.9. The van der Waals surface area contributed by atoms with Crippen LogP contribution in [0, 0.1) is 0 Å². The van der Waals surface area contributed by atoms with Gasteiger partial charge in [-0.2, -0.15) is 0 Å². The van der Waals surface area contributed by atoms with Gasteiger partial charge in [0, 0.05) is 0 Å². The van der Waals surface area contributed by atoms with E-state index in [1.165, 1.54) is 0 Å². The Kier molecular flexibility index (Phi) is 1.47. The molecule has 2 nitrogen and oxygen atoms in total. The fourth-order valence-electron chi connectivity index (χ4n) is 1.14. The number of ether oxygens (including phenoxy) is 1. The molecule has 1 heterocycles. The van der Waals surface area contributed by atoms with Gasteiger partial charge in [-0.05, 0) is 5.56 Å². The van der Waals surface area contributed by atoms with Gasteiger partial charge in [0.05, 0.1) is 0 Å². The van der Waals surface area contributed by atoms with Crippen molar-refractivity contribution in [2.24, 2.45) is 0 Å². The minimum Gasteiger partial charge on any atom is -0.358 e. The van der Waals surface area contributed by atoms with Crippen LogP contribution >= 0.6 is 0 Å². The predicted octanol–water partition coefficient (Wildman–Crippen LogP) is 1.33. The van der Waals surface area contributed by atoms with E-state index in [2.05, 4.69) is 0 Å². The summed E-state index contributed by atoms with van der Waals surface area (Å²) in [6, 6.07) is 9.55. The molecule has 1 aliphatic heterocycles. The Morgan fingerprint density at radius 2 is 2.00 bits per heavy atom. The summed E-state index contributed by atoms with van der Waals surface area (Å²) in [5, 5.41) is 0. The van der Waals surface area contributed by atoms with Crippen LogP contribution in [0.15, 0.2) is 30.3 Å². The van der Waals surface area contributed by atoms with Gasteiger partial charge in [-0.15, -0.1) is 0 Å². The molecule has 0 aliphatic carbocycles. The highest BCUT2D eigenvalue weighted by Crippen LogP contribution is 2.25. The average Bonchev–Trinajstić information content (AvgIpc) is 2.04. The van der Waals surface area contributed by atoms with Gasteiger partial charge in [0.2, 0.25) is 0 Å². The Balaban J connectivity index is 2.23. The third-order valence-corrected chi connectivity index (χ3v) is 1.79. The van der Waals surface area contributed by atoms with E-state index in [1.54, 1.807) is 0 Å². The first-order valence-corrected chi connectivity index (χ1v) is 3.57. The van der Waals surface area contributed by atoms with E-state index < -0.39 is 0 Å². The lowest BCUT2D eigenvalue weighted by molar-refractivity contribution is -0.155. The van der Waals surface area contributed by atoms with Crippen molar-refractivity contribution in [1.82, 2.24) is 0 Å². The van der Waals surface area contributed by atoms with E-state index in [4.69, 9.17) is 4.74 Å². The molecule has 11 heavy (non-hydrogen) atoms. The van der Waals surface area contributed by atoms with Crippen molar-refractivity contribution in [2.45, 2.75) is 6.10 Å². The molecule has 1 aliphatic rings. The Hall–Kier alpha value is -1.15. The summed E-state index contributed by atoms with van der Waals surface area (Å²) in [5.74, 6) is 0.177. The number of carbonyl (C=O) groups is 1. The second-order valence-electron chi connectivity index (χ2n) is 2.57. The molecule has 2 heteroatoms. The quantitative estimate of drug-likeness (QED) is 0.600. The van der Waals surface area contributed by atoms with Crippen LogP contribution in [0.25, 0.3) is 0 Å². The predicted molar refractivity (Wildman–Crippen MR) is 40.1 cm³/mol. The summed E-state index contributed by atoms with van der Waals surface area (Å²) in [5.41, 5.74) is 0.962. The molecule has 0 saturated carbocycles. The highest BCUT2D eigenvalue weighted by molar-refractivity contribution is 5.89. The van der Waals surface area contributed by atoms with Crippen molar-refractivity contribution in [1.29, 1.82) is 0 Å². The van der Waals surface area contributed by atoms with E-state index in [-0.39, 0.29) is 18.5 Å². The molecule has 0 aromatic heterocycles. The highest BCUT2D eigenvalue weighted by Gasteiger charge is 2.30. The van der Waals surface area contributed by atoms with Crippen LogP contribution in [0.2, 0.25) is 0 Å². The van der Waals surface area contributed by atoms with Crippen molar-refractivity contribution >= 4 is 5.78 Å². The van der Waals surface area contributed by atoms with Crippen LogP contribution in [0.3, 0.4) is 0 Å². The number of benzene rings is 1. The lowest BCUT2D eigenvalue weighted by Gasteiger charge is -2.24. The molecule has 56 valence electrons. The molecule has 1 aromatic rings. The third kappa shape index (κ3) is 1.05.